The summed E-state index contributed by atoms with van der Waals surface area (Å²) in [7, 11) is -3.10. The molecule has 0 saturated carbocycles. The maximum absolute atomic E-state index is 12.3. The summed E-state index contributed by atoms with van der Waals surface area (Å²) in [6.45, 7) is 1.57. The molecule has 2 N–H and O–H groups in total. The van der Waals surface area contributed by atoms with Crippen LogP contribution in [0.2, 0.25) is 5.02 Å². The topological polar surface area (TPSA) is 173 Å². The third kappa shape index (κ3) is 5.52. The Morgan fingerprint density at radius 1 is 1.27 bits per heavy atom. The van der Waals surface area contributed by atoms with E-state index in [1.54, 1.807) is 17.7 Å². The molecule has 0 radical (unpaired) electrons. The molecule has 2 rings (SSSR count). The minimum Gasteiger partial charge on any atom is -0.467 e. The van der Waals surface area contributed by atoms with Crippen LogP contribution in [0.25, 0.3) is 0 Å². The smallest absolute Gasteiger partial charge is 0.335 e. The van der Waals surface area contributed by atoms with Gasteiger partial charge in [-0.05, 0) is 19.1 Å². The van der Waals surface area contributed by atoms with Gasteiger partial charge >= 0.3 is 18.0 Å². The highest BCUT2D eigenvalue weighted by molar-refractivity contribution is 7.90. The van der Waals surface area contributed by atoms with Gasteiger partial charge in [-0.1, -0.05) is 23.7 Å². The summed E-state index contributed by atoms with van der Waals surface area (Å²) in [4.78, 5) is 35.1. The number of amides is 2. The first-order valence-corrected chi connectivity index (χ1v) is 10.0. The largest absolute Gasteiger partial charge is 0.467 e. The van der Waals surface area contributed by atoms with E-state index in [9.17, 15) is 23.3 Å². The van der Waals surface area contributed by atoms with E-state index in [0.717, 1.165) is 0 Å². The SMILES string of the molecule is CCOC(=O)C(C#N)c1nc(NC(=O)NS(=O)(=O)c2ccccc2Cl)nc(OC)n1. The predicted molar refractivity (Wildman–Crippen MR) is 102 cm³/mol. The molecule has 2 aromatic rings. The van der Waals surface area contributed by atoms with E-state index in [0.29, 0.717) is 0 Å². The van der Waals surface area contributed by atoms with Gasteiger partial charge in [-0.25, -0.2) is 17.9 Å². The number of nitrogens with zero attached hydrogens (tertiary/aromatic N) is 4. The molecule has 0 aliphatic rings. The molecule has 30 heavy (non-hydrogen) atoms. The first-order chi connectivity index (χ1) is 14.2. The van der Waals surface area contributed by atoms with E-state index in [1.807, 2.05) is 0 Å². The van der Waals surface area contributed by atoms with Crippen molar-refractivity contribution in [1.29, 1.82) is 5.26 Å². The van der Waals surface area contributed by atoms with Gasteiger partial charge in [0.05, 0.1) is 24.8 Å². The molecule has 1 unspecified atom stereocenters. The molecule has 0 bridgehead atoms. The van der Waals surface area contributed by atoms with Crippen LogP contribution in [0.15, 0.2) is 29.2 Å². The molecule has 158 valence electrons. The minimum absolute atomic E-state index is 0.0205. The predicted octanol–water partition coefficient (Wildman–Crippen LogP) is 1.21. The number of sulfonamides is 1. The molecule has 2 amide bonds. The second kappa shape index (κ2) is 9.81. The van der Waals surface area contributed by atoms with Gasteiger partial charge in [-0.15, -0.1) is 0 Å². The van der Waals surface area contributed by atoms with Crippen LogP contribution < -0.4 is 14.8 Å². The quantitative estimate of drug-likeness (QED) is 0.578. The van der Waals surface area contributed by atoms with Gasteiger partial charge in [0.15, 0.2) is 5.82 Å². The lowest BCUT2D eigenvalue weighted by atomic mass is 10.1. The van der Waals surface area contributed by atoms with Crippen LogP contribution in [0.4, 0.5) is 10.7 Å². The Labute approximate surface area is 176 Å². The molecular weight excluding hydrogens is 440 g/mol. The summed E-state index contributed by atoms with van der Waals surface area (Å²) in [5.74, 6) is -3.25. The summed E-state index contributed by atoms with van der Waals surface area (Å²) < 4.78 is 36.0. The lowest BCUT2D eigenvalue weighted by molar-refractivity contribution is -0.143. The number of rotatable bonds is 7. The average Bonchev–Trinajstić information content (AvgIpc) is 2.68. The summed E-state index contributed by atoms with van der Waals surface area (Å²) in [5.41, 5.74) is 0. The van der Waals surface area contributed by atoms with Crippen molar-refractivity contribution >= 4 is 39.6 Å². The normalized spacial score (nSPS) is 11.7. The summed E-state index contributed by atoms with van der Waals surface area (Å²) in [5, 5.41) is 11.2. The maximum Gasteiger partial charge on any atom is 0.335 e. The second-order valence-electron chi connectivity index (χ2n) is 5.31. The Morgan fingerprint density at radius 3 is 2.57 bits per heavy atom. The van der Waals surface area contributed by atoms with Crippen LogP contribution in [0.5, 0.6) is 6.01 Å². The number of urea groups is 1. The van der Waals surface area contributed by atoms with Crippen molar-refractivity contribution < 1.29 is 27.5 Å². The molecule has 1 aromatic carbocycles. The highest BCUT2D eigenvalue weighted by Gasteiger charge is 2.27. The lowest BCUT2D eigenvalue weighted by Gasteiger charge is -2.11. The zero-order chi connectivity index (χ0) is 22.3. The van der Waals surface area contributed by atoms with Gasteiger partial charge in [0.25, 0.3) is 10.0 Å². The summed E-state index contributed by atoms with van der Waals surface area (Å²) in [6.07, 6.45) is 0. The number of carbonyl (C=O) groups excluding carboxylic acids is 2. The number of ether oxygens (including phenoxy) is 2. The molecule has 0 fully saturated rings. The fourth-order valence-corrected chi connectivity index (χ4v) is 3.48. The molecule has 0 aliphatic carbocycles. The number of esters is 1. The number of benzene rings is 1. The number of carbonyl (C=O) groups is 2. The highest BCUT2D eigenvalue weighted by Crippen LogP contribution is 2.20. The molecule has 14 heteroatoms. The molecule has 1 heterocycles. The monoisotopic (exact) mass is 454 g/mol. The Kier molecular flexibility index (Phi) is 7.45. The van der Waals surface area contributed by atoms with Gasteiger partial charge in [0.2, 0.25) is 11.9 Å². The van der Waals surface area contributed by atoms with Gasteiger partial charge in [-0.2, -0.15) is 20.2 Å². The molecule has 0 aliphatic heterocycles. The van der Waals surface area contributed by atoms with Gasteiger partial charge in [-0.3, -0.25) is 10.1 Å². The first-order valence-electron chi connectivity index (χ1n) is 8.16. The number of hydrogen-bond acceptors (Lipinski definition) is 10. The van der Waals surface area contributed by atoms with E-state index in [1.165, 1.54) is 31.4 Å². The van der Waals surface area contributed by atoms with Crippen LogP contribution >= 0.6 is 11.6 Å². The number of aromatic nitrogens is 3. The number of nitriles is 1. The van der Waals surface area contributed by atoms with Crippen LogP contribution in [0, 0.1) is 11.3 Å². The van der Waals surface area contributed by atoms with Gasteiger partial charge < -0.3 is 9.47 Å². The molecule has 12 nitrogen and oxygen atoms in total. The van der Waals surface area contributed by atoms with Gasteiger partial charge in [0.1, 0.15) is 4.90 Å². The van der Waals surface area contributed by atoms with Crippen LogP contribution in [-0.4, -0.2) is 49.1 Å². The second-order valence-corrected chi connectivity index (χ2v) is 7.37. The average molecular weight is 455 g/mol. The van der Waals surface area contributed by atoms with E-state index < -0.39 is 33.9 Å². The number of hydrogen-bond donors (Lipinski definition) is 2. The van der Waals surface area contributed by atoms with Crippen LogP contribution in [-0.2, 0) is 19.6 Å². The van der Waals surface area contributed by atoms with Crippen molar-refractivity contribution in [2.45, 2.75) is 17.7 Å². The van der Waals surface area contributed by atoms with Crippen molar-refractivity contribution in [3.8, 4) is 12.1 Å². The summed E-state index contributed by atoms with van der Waals surface area (Å²) >= 11 is 5.84. The fourth-order valence-electron chi connectivity index (χ4n) is 2.06. The van der Waals surface area contributed by atoms with Crippen molar-refractivity contribution in [3.05, 3.63) is 35.1 Å². The Morgan fingerprint density at radius 2 is 1.97 bits per heavy atom. The Bertz CT molecular complexity index is 1100. The molecule has 1 aromatic heterocycles. The number of methoxy groups -OCH3 is 1. The third-order valence-electron chi connectivity index (χ3n) is 3.30. The van der Waals surface area contributed by atoms with Crippen molar-refractivity contribution in [1.82, 2.24) is 19.7 Å². The molecule has 1 atom stereocenters. The van der Waals surface area contributed by atoms with E-state index >= 15 is 0 Å². The van der Waals surface area contributed by atoms with Gasteiger partial charge in [0, 0.05) is 0 Å². The van der Waals surface area contributed by atoms with Crippen LogP contribution in [0.1, 0.15) is 18.7 Å². The standard InChI is InChI=1S/C16H15ClN6O6S/c1-3-29-13(24)9(8-18)12-19-14(22-16(20-12)28-2)21-15(25)23-30(26,27)11-7-5-4-6-10(11)17/h4-7,9H,3H2,1-2H3,(H2,19,20,21,22,23,25). The lowest BCUT2D eigenvalue weighted by Crippen LogP contribution is -2.35. The fraction of sp³-hybridized carbons (Fsp3) is 0.250. The zero-order valence-electron chi connectivity index (χ0n) is 15.6. The minimum atomic E-state index is -4.30. The Hall–Kier alpha value is -3.50. The number of nitrogens with one attached hydrogen (secondary N) is 2. The highest BCUT2D eigenvalue weighted by atomic mass is 35.5. The maximum atomic E-state index is 12.3. The Balaban J connectivity index is 2.27. The van der Waals surface area contributed by atoms with Crippen molar-refractivity contribution in [3.63, 3.8) is 0 Å². The molecule has 0 spiro atoms. The van der Waals surface area contributed by atoms with E-state index in [2.05, 4.69) is 20.3 Å². The zero-order valence-corrected chi connectivity index (χ0v) is 17.2. The van der Waals surface area contributed by atoms with Crippen molar-refractivity contribution in [2.24, 2.45) is 0 Å². The van der Waals surface area contributed by atoms with E-state index in [-0.39, 0.29) is 28.4 Å². The summed E-state index contributed by atoms with van der Waals surface area (Å²) in [6, 6.07) is 5.63. The third-order valence-corrected chi connectivity index (χ3v) is 5.13. The molecule has 0 saturated heterocycles. The molecular formula is C16H15ClN6O6S. The van der Waals surface area contributed by atoms with Crippen LogP contribution in [0.3, 0.4) is 0 Å². The number of anilines is 1. The number of halogens is 1. The van der Waals surface area contributed by atoms with E-state index in [4.69, 9.17) is 21.1 Å². The van der Waals surface area contributed by atoms with Crippen molar-refractivity contribution in [2.75, 3.05) is 19.0 Å². The first kappa shape index (κ1) is 22.8.